The van der Waals surface area contributed by atoms with Gasteiger partial charge in [0.05, 0.1) is 0 Å². The molecule has 0 atom stereocenters. The van der Waals surface area contributed by atoms with Crippen molar-refractivity contribution in [2.45, 2.75) is 23.8 Å². The first-order valence-corrected chi connectivity index (χ1v) is 7.79. The average molecular weight is 306 g/mol. The lowest BCUT2D eigenvalue weighted by Crippen LogP contribution is -2.24. The molecule has 21 heavy (non-hydrogen) atoms. The highest BCUT2D eigenvalue weighted by atomic mass is 32.2. The fourth-order valence-corrected chi connectivity index (χ4v) is 2.44. The summed E-state index contributed by atoms with van der Waals surface area (Å²) < 4.78 is 5.29. The zero-order valence-corrected chi connectivity index (χ0v) is 12.4. The Bertz CT molecular complexity index is 557. The van der Waals surface area contributed by atoms with Crippen LogP contribution in [-0.2, 0) is 5.75 Å². The van der Waals surface area contributed by atoms with Crippen molar-refractivity contribution >= 4 is 17.7 Å². The van der Waals surface area contributed by atoms with Gasteiger partial charge in [-0.1, -0.05) is 42.1 Å². The molecule has 112 valence electrons. The normalized spacial score (nSPS) is 10.5. The molecule has 0 aliphatic heterocycles. The van der Waals surface area contributed by atoms with E-state index < -0.39 is 0 Å². The molecule has 0 saturated carbocycles. The summed E-state index contributed by atoms with van der Waals surface area (Å²) in [5.41, 5.74) is 1.46. The number of aromatic nitrogens is 1. The number of carbonyl (C=O) groups excluding carboxylic acids is 1. The van der Waals surface area contributed by atoms with Crippen LogP contribution in [0, 0.1) is 0 Å². The molecule has 0 saturated heterocycles. The lowest BCUT2D eigenvalue weighted by Gasteiger charge is -2.00. The van der Waals surface area contributed by atoms with Gasteiger partial charge >= 0.3 is 0 Å². The number of unbranched alkanes of at least 4 members (excludes halogenated alkanes) is 1. The van der Waals surface area contributed by atoms with Crippen molar-refractivity contribution in [3.05, 3.63) is 47.9 Å². The number of oxazole rings is 1. The van der Waals surface area contributed by atoms with Gasteiger partial charge in [-0.2, -0.15) is 4.98 Å². The lowest BCUT2D eigenvalue weighted by atomic mass is 10.2. The second-order valence-electron chi connectivity index (χ2n) is 4.46. The molecular weight excluding hydrogens is 288 g/mol. The number of benzene rings is 1. The van der Waals surface area contributed by atoms with Crippen LogP contribution < -0.4 is 5.32 Å². The fraction of sp³-hybridized carbons (Fsp3) is 0.333. The first kappa shape index (κ1) is 15.6. The van der Waals surface area contributed by atoms with Crippen LogP contribution in [0.3, 0.4) is 0 Å². The van der Waals surface area contributed by atoms with Crippen molar-refractivity contribution in [1.29, 1.82) is 0 Å². The Morgan fingerprint density at radius 1 is 1.29 bits per heavy atom. The highest BCUT2D eigenvalue weighted by molar-refractivity contribution is 7.98. The molecule has 0 fully saturated rings. The van der Waals surface area contributed by atoms with E-state index in [-0.39, 0.29) is 18.2 Å². The Labute approximate surface area is 127 Å². The monoisotopic (exact) mass is 306 g/mol. The molecule has 5 nitrogen and oxygen atoms in total. The van der Waals surface area contributed by atoms with Gasteiger partial charge in [-0.15, -0.1) is 0 Å². The fourth-order valence-electron chi connectivity index (χ4n) is 1.68. The number of hydrogen-bond donors (Lipinski definition) is 2. The van der Waals surface area contributed by atoms with Crippen molar-refractivity contribution in [3.63, 3.8) is 0 Å². The third-order valence-corrected chi connectivity index (χ3v) is 3.70. The summed E-state index contributed by atoms with van der Waals surface area (Å²) in [6.45, 7) is 0.666. The van der Waals surface area contributed by atoms with E-state index in [1.165, 1.54) is 23.6 Å². The minimum absolute atomic E-state index is 0.139. The summed E-state index contributed by atoms with van der Waals surface area (Å²) in [5, 5.41) is 11.9. The van der Waals surface area contributed by atoms with Gasteiger partial charge in [0.1, 0.15) is 6.26 Å². The highest BCUT2D eigenvalue weighted by Crippen LogP contribution is 2.21. The molecule has 2 rings (SSSR count). The zero-order chi connectivity index (χ0) is 14.9. The predicted octanol–water partition coefficient (Wildman–Crippen LogP) is 2.47. The van der Waals surface area contributed by atoms with Gasteiger partial charge in [-0.25, -0.2) is 0 Å². The van der Waals surface area contributed by atoms with Crippen LogP contribution >= 0.6 is 11.8 Å². The molecule has 6 heteroatoms. The van der Waals surface area contributed by atoms with E-state index in [4.69, 9.17) is 9.52 Å². The topological polar surface area (TPSA) is 75.4 Å². The highest BCUT2D eigenvalue weighted by Gasteiger charge is 2.12. The van der Waals surface area contributed by atoms with Crippen LogP contribution in [0.15, 0.2) is 46.2 Å². The third-order valence-electron chi connectivity index (χ3n) is 2.79. The van der Waals surface area contributed by atoms with Crippen LogP contribution in [0.2, 0.25) is 0 Å². The molecule has 1 heterocycles. The molecule has 1 aromatic carbocycles. The second-order valence-corrected chi connectivity index (χ2v) is 5.39. The molecular formula is C15H18N2O3S. The smallest absolute Gasteiger partial charge is 0.273 e. The summed E-state index contributed by atoms with van der Waals surface area (Å²) >= 11 is 1.45. The minimum atomic E-state index is -0.247. The minimum Gasteiger partial charge on any atom is -0.439 e. The number of aliphatic hydroxyl groups is 1. The maximum absolute atomic E-state index is 11.8. The van der Waals surface area contributed by atoms with Crippen molar-refractivity contribution in [1.82, 2.24) is 10.3 Å². The molecule has 2 aromatic rings. The van der Waals surface area contributed by atoms with Crippen LogP contribution in [0.4, 0.5) is 0 Å². The van der Waals surface area contributed by atoms with E-state index in [1.54, 1.807) is 0 Å². The lowest BCUT2D eigenvalue weighted by molar-refractivity contribution is 0.0947. The number of amides is 1. The first-order valence-electron chi connectivity index (χ1n) is 6.81. The predicted molar refractivity (Wildman–Crippen MR) is 81.2 cm³/mol. The van der Waals surface area contributed by atoms with E-state index in [0.717, 1.165) is 12.2 Å². The summed E-state index contributed by atoms with van der Waals surface area (Å²) in [4.78, 5) is 15.9. The van der Waals surface area contributed by atoms with E-state index in [1.807, 2.05) is 30.3 Å². The van der Waals surface area contributed by atoms with Gasteiger partial charge in [0.2, 0.25) is 0 Å². The largest absolute Gasteiger partial charge is 0.439 e. The van der Waals surface area contributed by atoms with E-state index in [2.05, 4.69) is 10.3 Å². The van der Waals surface area contributed by atoms with Crippen molar-refractivity contribution in [2.24, 2.45) is 0 Å². The average Bonchev–Trinajstić information content (AvgIpc) is 2.99. The van der Waals surface area contributed by atoms with Crippen molar-refractivity contribution in [2.75, 3.05) is 13.2 Å². The van der Waals surface area contributed by atoms with Gasteiger partial charge in [0, 0.05) is 18.9 Å². The molecule has 0 radical (unpaired) electrons. The molecule has 0 spiro atoms. The SMILES string of the molecule is O=C(NCCCCO)c1coc(SCc2ccccc2)n1. The summed E-state index contributed by atoms with van der Waals surface area (Å²) in [5.74, 6) is 0.502. The Morgan fingerprint density at radius 3 is 2.86 bits per heavy atom. The van der Waals surface area contributed by atoms with Crippen molar-refractivity contribution < 1.29 is 14.3 Å². The van der Waals surface area contributed by atoms with Gasteiger partial charge in [-0.05, 0) is 18.4 Å². The van der Waals surface area contributed by atoms with Gasteiger partial charge in [0.15, 0.2) is 5.69 Å². The number of thioether (sulfide) groups is 1. The molecule has 1 aromatic heterocycles. The molecule has 1 amide bonds. The van der Waals surface area contributed by atoms with Crippen LogP contribution in [0.1, 0.15) is 28.9 Å². The maximum Gasteiger partial charge on any atom is 0.273 e. The summed E-state index contributed by atoms with van der Waals surface area (Å²) in [6, 6.07) is 10.0. The molecule has 0 aliphatic rings. The van der Waals surface area contributed by atoms with E-state index >= 15 is 0 Å². The number of aliphatic hydroxyl groups excluding tert-OH is 1. The molecule has 0 unspecified atom stereocenters. The number of nitrogens with zero attached hydrogens (tertiary/aromatic N) is 1. The maximum atomic E-state index is 11.8. The number of carbonyl (C=O) groups is 1. The number of hydrogen-bond acceptors (Lipinski definition) is 5. The Kier molecular flexibility index (Phi) is 6.30. The molecule has 0 aliphatic carbocycles. The zero-order valence-electron chi connectivity index (χ0n) is 11.6. The summed E-state index contributed by atoms with van der Waals surface area (Å²) in [6.07, 6.45) is 2.79. The van der Waals surface area contributed by atoms with Crippen molar-refractivity contribution in [3.8, 4) is 0 Å². The quantitative estimate of drug-likeness (QED) is 0.579. The summed E-state index contributed by atoms with van der Waals surface area (Å²) in [7, 11) is 0. The Balaban J connectivity index is 1.79. The van der Waals surface area contributed by atoms with E-state index in [9.17, 15) is 4.79 Å². The standard InChI is InChI=1S/C15H18N2O3S/c18-9-5-4-8-16-14(19)13-10-20-15(17-13)21-11-12-6-2-1-3-7-12/h1-3,6-7,10,18H,4-5,8-9,11H2,(H,16,19). The van der Waals surface area contributed by atoms with E-state index in [0.29, 0.717) is 18.2 Å². The van der Waals surface area contributed by atoms with Crippen LogP contribution in [-0.4, -0.2) is 29.1 Å². The Hall–Kier alpha value is -1.79. The van der Waals surface area contributed by atoms with Crippen LogP contribution in [0.25, 0.3) is 0 Å². The van der Waals surface area contributed by atoms with Crippen LogP contribution in [0.5, 0.6) is 0 Å². The number of nitrogens with one attached hydrogen (secondary N) is 1. The molecule has 0 bridgehead atoms. The second kappa shape index (κ2) is 8.49. The van der Waals surface area contributed by atoms with Gasteiger partial charge in [-0.3, -0.25) is 4.79 Å². The molecule has 2 N–H and O–H groups in total. The van der Waals surface area contributed by atoms with Gasteiger partial charge < -0.3 is 14.8 Å². The van der Waals surface area contributed by atoms with Gasteiger partial charge in [0.25, 0.3) is 11.1 Å². The first-order chi connectivity index (χ1) is 10.3. The Morgan fingerprint density at radius 2 is 2.10 bits per heavy atom. The number of rotatable bonds is 8. The third kappa shape index (κ3) is 5.24.